The predicted molar refractivity (Wildman–Crippen MR) is 155 cm³/mol. The number of sulfonamides is 1. The summed E-state index contributed by atoms with van der Waals surface area (Å²) < 4.78 is 52.6. The number of carbonyl (C=O) groups is 2. The number of halogens is 3. The quantitative estimate of drug-likeness (QED) is 0.286. The molecule has 0 unspecified atom stereocenters. The molecule has 0 spiro atoms. The first-order chi connectivity index (χ1) is 20.1. The standard InChI is InChI=1S/C29H28Cl2FN3O6S/c1-2-10-42(38,39)34-28(36)16-8-9-22(21(32)12-16)35-14-17-11-18(35)13-23(17)40-29(37)25-26(33-41-27(25)15-6-7-15)24-19(30)4-3-5-20(24)31/h3-5,8-9,12,15,17-18,23H,2,6-7,10-11,13-14H2,1H3,(H,34,36)/t17-,18-,23+/m0/s1. The normalized spacial score (nSPS) is 21.5. The molecule has 2 bridgehead atoms. The molecule has 3 aliphatic rings. The first kappa shape index (κ1) is 28.9. The zero-order valence-corrected chi connectivity index (χ0v) is 24.9. The number of hydrogen-bond donors (Lipinski definition) is 1. The number of hydrogen-bond acceptors (Lipinski definition) is 8. The van der Waals surface area contributed by atoms with Gasteiger partial charge in [0.15, 0.2) is 5.76 Å². The summed E-state index contributed by atoms with van der Waals surface area (Å²) in [5.74, 6) is -1.72. The maximum atomic E-state index is 15.2. The van der Waals surface area contributed by atoms with Gasteiger partial charge in [0.05, 0.1) is 21.5 Å². The lowest BCUT2D eigenvalue weighted by Gasteiger charge is -2.33. The van der Waals surface area contributed by atoms with Gasteiger partial charge in [0.25, 0.3) is 5.91 Å². The molecule has 42 heavy (non-hydrogen) atoms. The van der Waals surface area contributed by atoms with Gasteiger partial charge in [-0.2, -0.15) is 0 Å². The molecular formula is C29H28Cl2FN3O6S. The van der Waals surface area contributed by atoms with Crippen LogP contribution in [0.1, 0.15) is 71.4 Å². The van der Waals surface area contributed by atoms with Crippen LogP contribution in [0, 0.1) is 11.7 Å². The summed E-state index contributed by atoms with van der Waals surface area (Å²) in [6.07, 6.45) is 2.94. The van der Waals surface area contributed by atoms with Gasteiger partial charge in [-0.25, -0.2) is 22.3 Å². The Labute approximate surface area is 252 Å². The van der Waals surface area contributed by atoms with E-state index in [1.165, 1.54) is 12.1 Å². The van der Waals surface area contributed by atoms with Crippen LogP contribution in [0.25, 0.3) is 11.3 Å². The molecule has 2 aliphatic carbocycles. The number of nitrogens with one attached hydrogen (secondary N) is 1. The second-order valence-corrected chi connectivity index (χ2v) is 13.7. The fourth-order valence-electron chi connectivity index (χ4n) is 5.96. The third kappa shape index (κ3) is 5.49. The number of anilines is 1. The molecule has 2 heterocycles. The van der Waals surface area contributed by atoms with E-state index in [2.05, 4.69) is 5.16 Å². The van der Waals surface area contributed by atoms with E-state index in [0.717, 1.165) is 18.9 Å². The zero-order chi connectivity index (χ0) is 29.8. The Morgan fingerprint density at radius 2 is 1.90 bits per heavy atom. The number of piperidine rings is 1. The molecule has 1 aromatic heterocycles. The molecule has 9 nitrogen and oxygen atoms in total. The van der Waals surface area contributed by atoms with Crippen LogP contribution in [-0.4, -0.2) is 49.9 Å². The van der Waals surface area contributed by atoms with Crippen LogP contribution in [0.3, 0.4) is 0 Å². The van der Waals surface area contributed by atoms with E-state index in [9.17, 15) is 18.0 Å². The van der Waals surface area contributed by atoms with Gasteiger partial charge in [-0.1, -0.05) is 41.3 Å². The number of aromatic nitrogens is 1. The molecule has 3 fully saturated rings. The monoisotopic (exact) mass is 635 g/mol. The number of ether oxygens (including phenoxy) is 1. The van der Waals surface area contributed by atoms with Gasteiger partial charge in [0, 0.05) is 42.0 Å². The molecule has 3 atom stereocenters. The number of rotatable bonds is 9. The second kappa shape index (κ2) is 11.2. The molecule has 1 amide bonds. The van der Waals surface area contributed by atoms with E-state index in [-0.39, 0.29) is 46.6 Å². The third-order valence-electron chi connectivity index (χ3n) is 8.05. The molecule has 2 saturated carbocycles. The Morgan fingerprint density at radius 1 is 1.17 bits per heavy atom. The first-order valence-electron chi connectivity index (χ1n) is 13.8. The van der Waals surface area contributed by atoms with Gasteiger partial charge in [-0.05, 0) is 56.0 Å². The fraction of sp³-hybridized carbons (Fsp3) is 0.414. The van der Waals surface area contributed by atoms with Gasteiger partial charge < -0.3 is 14.2 Å². The molecule has 0 radical (unpaired) electrons. The summed E-state index contributed by atoms with van der Waals surface area (Å²) in [7, 11) is -3.78. The average Bonchev–Trinajstić information content (AvgIpc) is 3.37. The lowest BCUT2D eigenvalue weighted by atomic mass is 10.0. The van der Waals surface area contributed by atoms with Crippen LogP contribution in [-0.2, 0) is 14.8 Å². The summed E-state index contributed by atoms with van der Waals surface area (Å²) in [4.78, 5) is 27.9. The van der Waals surface area contributed by atoms with E-state index in [4.69, 9.17) is 32.5 Å². The highest BCUT2D eigenvalue weighted by Gasteiger charge is 2.48. The van der Waals surface area contributed by atoms with Crippen molar-refractivity contribution in [2.45, 2.75) is 57.1 Å². The van der Waals surface area contributed by atoms with Crippen LogP contribution in [0.2, 0.25) is 10.0 Å². The van der Waals surface area contributed by atoms with E-state index < -0.39 is 27.7 Å². The van der Waals surface area contributed by atoms with Crippen molar-refractivity contribution in [2.24, 2.45) is 5.92 Å². The number of amides is 1. The number of benzene rings is 2. The van der Waals surface area contributed by atoms with Crippen LogP contribution in [0.5, 0.6) is 0 Å². The summed E-state index contributed by atoms with van der Waals surface area (Å²) >= 11 is 12.8. The highest BCUT2D eigenvalue weighted by Crippen LogP contribution is 2.47. The van der Waals surface area contributed by atoms with Crippen molar-refractivity contribution >= 4 is 50.8 Å². The van der Waals surface area contributed by atoms with Gasteiger partial charge in [0.2, 0.25) is 10.0 Å². The Balaban J connectivity index is 1.16. The SMILES string of the molecule is CCCS(=O)(=O)NC(=O)c1ccc(N2C[C@@H]3C[C@H]2C[C@H]3OC(=O)c2c(-c3c(Cl)cccc3Cl)noc2C2CC2)c(F)c1. The summed E-state index contributed by atoms with van der Waals surface area (Å²) in [5.41, 5.74) is 1.15. The summed E-state index contributed by atoms with van der Waals surface area (Å²) in [5, 5.41) is 4.85. The maximum absolute atomic E-state index is 15.2. The van der Waals surface area contributed by atoms with Crippen molar-refractivity contribution in [1.29, 1.82) is 0 Å². The minimum Gasteiger partial charge on any atom is -0.458 e. The van der Waals surface area contributed by atoms with Gasteiger partial charge >= 0.3 is 5.97 Å². The lowest BCUT2D eigenvalue weighted by Crippen LogP contribution is -2.40. The molecule has 1 N–H and O–H groups in total. The van der Waals surface area contributed by atoms with Crippen LogP contribution in [0.15, 0.2) is 40.9 Å². The van der Waals surface area contributed by atoms with Gasteiger partial charge in [-0.3, -0.25) is 4.79 Å². The molecule has 1 saturated heterocycles. The average molecular weight is 637 g/mol. The zero-order valence-electron chi connectivity index (χ0n) is 22.6. The summed E-state index contributed by atoms with van der Waals surface area (Å²) in [6.45, 7) is 2.14. The van der Waals surface area contributed by atoms with Gasteiger partial charge in [-0.15, -0.1) is 0 Å². The second-order valence-electron chi connectivity index (χ2n) is 11.0. The number of esters is 1. The Kier molecular flexibility index (Phi) is 7.69. The van der Waals surface area contributed by atoms with E-state index in [1.807, 2.05) is 9.62 Å². The Hall–Kier alpha value is -3.15. The Morgan fingerprint density at radius 3 is 2.52 bits per heavy atom. The molecule has 2 aromatic carbocycles. The largest absolute Gasteiger partial charge is 0.458 e. The molecule has 13 heteroatoms. The molecule has 3 aromatic rings. The smallest absolute Gasteiger partial charge is 0.344 e. The molecular weight excluding hydrogens is 608 g/mol. The van der Waals surface area contributed by atoms with Gasteiger partial charge in [0.1, 0.15) is 23.2 Å². The topological polar surface area (TPSA) is 119 Å². The van der Waals surface area contributed by atoms with Crippen LogP contribution >= 0.6 is 23.2 Å². The number of carbonyl (C=O) groups excluding carboxylic acids is 2. The minimum absolute atomic E-state index is 0.0305. The van der Waals surface area contributed by atoms with Crippen molar-refractivity contribution in [3.63, 3.8) is 0 Å². The highest BCUT2D eigenvalue weighted by molar-refractivity contribution is 7.90. The number of nitrogens with zero attached hydrogens (tertiary/aromatic N) is 2. The predicted octanol–water partition coefficient (Wildman–Crippen LogP) is 5.96. The first-order valence-corrected chi connectivity index (χ1v) is 16.2. The number of fused-ring (bicyclic) bond motifs is 2. The third-order valence-corrected chi connectivity index (χ3v) is 10.1. The summed E-state index contributed by atoms with van der Waals surface area (Å²) in [6, 6.07) is 8.90. The molecule has 222 valence electrons. The highest BCUT2D eigenvalue weighted by atomic mass is 35.5. The van der Waals surface area contributed by atoms with Crippen LogP contribution < -0.4 is 9.62 Å². The van der Waals surface area contributed by atoms with Crippen molar-refractivity contribution in [2.75, 3.05) is 17.2 Å². The van der Waals surface area contributed by atoms with Crippen LogP contribution in [0.4, 0.5) is 10.1 Å². The minimum atomic E-state index is -3.78. The maximum Gasteiger partial charge on any atom is 0.344 e. The van der Waals surface area contributed by atoms with Crippen molar-refractivity contribution in [1.82, 2.24) is 9.88 Å². The van der Waals surface area contributed by atoms with Crippen molar-refractivity contribution in [3.05, 3.63) is 69.1 Å². The van der Waals surface area contributed by atoms with E-state index in [1.54, 1.807) is 25.1 Å². The molecule has 6 rings (SSSR count). The van der Waals surface area contributed by atoms with Crippen molar-refractivity contribution < 1.29 is 31.7 Å². The van der Waals surface area contributed by atoms with Crippen molar-refractivity contribution in [3.8, 4) is 11.3 Å². The van der Waals surface area contributed by atoms with E-state index in [0.29, 0.717) is 52.9 Å². The fourth-order valence-corrected chi connectivity index (χ4v) is 7.58. The Bertz CT molecular complexity index is 1660. The lowest BCUT2D eigenvalue weighted by molar-refractivity contribution is 0.0191. The molecule has 1 aliphatic heterocycles. The van der Waals surface area contributed by atoms with E-state index >= 15 is 4.39 Å².